The van der Waals surface area contributed by atoms with Crippen LogP contribution in [0.3, 0.4) is 0 Å². The molecule has 2 aromatic heterocycles. The fourth-order valence-electron chi connectivity index (χ4n) is 8.33. The largest absolute Gasteiger partial charge is 0.359 e. The quantitative estimate of drug-likeness (QED) is 0.185. The Morgan fingerprint density at radius 1 is 0.611 bits per heavy atom. The molecule has 258 valence electrons. The van der Waals surface area contributed by atoms with Gasteiger partial charge in [0, 0.05) is 44.9 Å². The summed E-state index contributed by atoms with van der Waals surface area (Å²) in [7, 11) is 0. The van der Waals surface area contributed by atoms with E-state index >= 15 is 0 Å². The highest BCUT2D eigenvalue weighted by Crippen LogP contribution is 2.40. The van der Waals surface area contributed by atoms with Gasteiger partial charge in [-0.2, -0.15) is 0 Å². The molecule has 3 heterocycles. The summed E-state index contributed by atoms with van der Waals surface area (Å²) in [5.41, 5.74) is 15.3. The van der Waals surface area contributed by atoms with Gasteiger partial charge in [-0.1, -0.05) is 115 Å². The van der Waals surface area contributed by atoms with Gasteiger partial charge in [0.15, 0.2) is 0 Å². The van der Waals surface area contributed by atoms with Crippen LogP contribution < -0.4 is 5.32 Å². The third-order valence-corrected chi connectivity index (χ3v) is 11.0. The van der Waals surface area contributed by atoms with Crippen LogP contribution in [0.5, 0.6) is 0 Å². The monoisotopic (exact) mass is 694 g/mol. The van der Waals surface area contributed by atoms with Crippen LogP contribution >= 0.6 is 0 Å². The van der Waals surface area contributed by atoms with E-state index in [9.17, 15) is 0 Å². The van der Waals surface area contributed by atoms with E-state index < -0.39 is 0 Å². The summed E-state index contributed by atoms with van der Waals surface area (Å²) in [6.45, 7) is 4.27. The highest BCUT2D eigenvalue weighted by Gasteiger charge is 2.25. The molecule has 0 radical (unpaired) electrons. The van der Waals surface area contributed by atoms with Crippen LogP contribution in [0, 0.1) is 6.92 Å². The molecule has 1 aliphatic rings. The lowest BCUT2D eigenvalue weighted by Gasteiger charge is -2.28. The molecule has 0 fully saturated rings. The number of hydrogen-bond donors (Lipinski definition) is 1. The molecule has 0 bridgehead atoms. The minimum Gasteiger partial charge on any atom is -0.359 e. The highest BCUT2D eigenvalue weighted by molar-refractivity contribution is 6.20. The van der Waals surface area contributed by atoms with Crippen LogP contribution in [0.4, 0.5) is 5.69 Å². The average Bonchev–Trinajstić information content (AvgIpc) is 3.81. The van der Waals surface area contributed by atoms with Crippen LogP contribution in [0.25, 0.3) is 61.3 Å². The predicted molar refractivity (Wildman–Crippen MR) is 227 cm³/mol. The minimum atomic E-state index is -0.0445. The molecule has 54 heavy (non-hydrogen) atoms. The fraction of sp³-hybridized carbons (Fsp3) is 0.0600. The summed E-state index contributed by atoms with van der Waals surface area (Å²) >= 11 is 0. The third-order valence-electron chi connectivity index (χ3n) is 11.0. The fourth-order valence-corrected chi connectivity index (χ4v) is 8.33. The number of allylic oxidation sites excluding steroid dienone is 1. The van der Waals surface area contributed by atoms with Crippen LogP contribution in [-0.2, 0) is 0 Å². The molecule has 0 spiro atoms. The number of nitrogens with one attached hydrogen (secondary N) is 1. The van der Waals surface area contributed by atoms with E-state index in [1.165, 1.54) is 60.6 Å². The van der Waals surface area contributed by atoms with Crippen LogP contribution in [0.1, 0.15) is 40.8 Å². The lowest BCUT2D eigenvalue weighted by molar-refractivity contribution is 0.749. The van der Waals surface area contributed by atoms with E-state index in [2.05, 4.69) is 210 Å². The number of aromatic nitrogens is 2. The molecule has 10 rings (SSSR count). The van der Waals surface area contributed by atoms with Crippen LogP contribution in [0.2, 0.25) is 0 Å². The second-order valence-corrected chi connectivity index (χ2v) is 14.1. The topological polar surface area (TPSA) is 34.2 Å². The summed E-state index contributed by atoms with van der Waals surface area (Å²) in [5, 5.41) is 7.50. The predicted octanol–water partition coefficient (Wildman–Crippen LogP) is 12.5. The number of para-hydroxylation sites is 3. The Labute approximate surface area is 315 Å². The Kier molecular flexibility index (Phi) is 7.62. The Balaban J connectivity index is 1.09. The van der Waals surface area contributed by atoms with Crippen molar-refractivity contribution >= 4 is 50.3 Å². The summed E-state index contributed by atoms with van der Waals surface area (Å²) < 4.78 is 4.69. The number of benzene rings is 7. The van der Waals surface area contributed by atoms with Crippen molar-refractivity contribution in [3.63, 3.8) is 0 Å². The van der Waals surface area contributed by atoms with Gasteiger partial charge in [0.1, 0.15) is 5.84 Å². The van der Waals surface area contributed by atoms with Crippen molar-refractivity contribution in [2.24, 2.45) is 4.99 Å². The van der Waals surface area contributed by atoms with Crippen LogP contribution in [-0.4, -0.2) is 15.0 Å². The van der Waals surface area contributed by atoms with Gasteiger partial charge in [-0.15, -0.1) is 0 Å². The van der Waals surface area contributed by atoms with E-state index in [0.29, 0.717) is 0 Å². The third kappa shape index (κ3) is 5.18. The van der Waals surface area contributed by atoms with Gasteiger partial charge in [-0.3, -0.25) is 0 Å². The number of fused-ring (bicyclic) bond motifs is 6. The maximum absolute atomic E-state index is 5.22. The smallest absolute Gasteiger partial charge is 0.134 e. The Morgan fingerprint density at radius 2 is 1.33 bits per heavy atom. The molecule has 7 aromatic carbocycles. The van der Waals surface area contributed by atoms with Crippen molar-refractivity contribution in [3.05, 3.63) is 204 Å². The van der Waals surface area contributed by atoms with Crippen molar-refractivity contribution in [3.8, 4) is 22.5 Å². The molecular formula is C50H38N4. The molecule has 1 N–H and O–H groups in total. The van der Waals surface area contributed by atoms with Gasteiger partial charge in [0.2, 0.25) is 0 Å². The van der Waals surface area contributed by atoms with Crippen molar-refractivity contribution in [1.82, 2.24) is 14.5 Å². The Bertz CT molecular complexity index is 2910. The molecule has 4 nitrogen and oxygen atoms in total. The molecule has 1 unspecified atom stereocenters. The lowest BCUT2D eigenvalue weighted by Crippen LogP contribution is -2.32. The van der Waals surface area contributed by atoms with E-state index in [-0.39, 0.29) is 6.04 Å². The molecule has 0 aliphatic carbocycles. The maximum atomic E-state index is 5.22. The Hall–Kier alpha value is -6.91. The minimum absolute atomic E-state index is 0.0445. The van der Waals surface area contributed by atoms with Crippen molar-refractivity contribution in [2.75, 3.05) is 0 Å². The molecule has 0 saturated heterocycles. The zero-order valence-electron chi connectivity index (χ0n) is 30.2. The van der Waals surface area contributed by atoms with E-state index in [1.54, 1.807) is 0 Å². The van der Waals surface area contributed by atoms with Gasteiger partial charge in [-0.05, 0) is 102 Å². The van der Waals surface area contributed by atoms with Gasteiger partial charge in [-0.25, -0.2) is 4.99 Å². The van der Waals surface area contributed by atoms with E-state index in [0.717, 1.165) is 34.0 Å². The van der Waals surface area contributed by atoms with Gasteiger partial charge < -0.3 is 14.5 Å². The highest BCUT2D eigenvalue weighted by atomic mass is 15.1. The van der Waals surface area contributed by atoms with Crippen molar-refractivity contribution in [1.29, 1.82) is 0 Å². The normalized spacial score (nSPS) is 14.1. The first-order chi connectivity index (χ1) is 26.7. The van der Waals surface area contributed by atoms with E-state index in [1.807, 2.05) is 0 Å². The Morgan fingerprint density at radius 3 is 2.13 bits per heavy atom. The maximum Gasteiger partial charge on any atom is 0.134 e. The molecule has 1 aliphatic heterocycles. The number of rotatable bonds is 6. The molecule has 9 aromatic rings. The van der Waals surface area contributed by atoms with Gasteiger partial charge >= 0.3 is 0 Å². The number of aliphatic imine (C=N–C) groups is 1. The first kappa shape index (κ1) is 31.8. The number of amidine groups is 1. The summed E-state index contributed by atoms with van der Waals surface area (Å²) in [4.78, 5) is 5.22. The summed E-state index contributed by atoms with van der Waals surface area (Å²) in [5.74, 6) is 0.872. The molecule has 0 saturated carbocycles. The summed E-state index contributed by atoms with van der Waals surface area (Å²) in [6, 6.07) is 58.9. The molecule has 0 amide bonds. The molecule has 1 atom stereocenters. The zero-order chi connectivity index (χ0) is 36.2. The molecular weight excluding hydrogens is 657 g/mol. The van der Waals surface area contributed by atoms with Crippen molar-refractivity contribution < 1.29 is 0 Å². The SMILES string of the molecule is CC=Cc1cccc(-c2ccc(C3NC(c4ccc5c(c4)c4ccc6c(ccn6-c6ccccc6)c4n5-c4ccccc4)=Nc4ccccc43)cc2)c1C. The molecule has 4 heteroatoms. The number of nitrogens with zero attached hydrogens (tertiary/aromatic N) is 3. The van der Waals surface area contributed by atoms with Crippen molar-refractivity contribution in [2.45, 2.75) is 19.9 Å². The first-order valence-electron chi connectivity index (χ1n) is 18.6. The van der Waals surface area contributed by atoms with E-state index in [4.69, 9.17) is 4.99 Å². The second-order valence-electron chi connectivity index (χ2n) is 14.1. The average molecular weight is 695 g/mol. The zero-order valence-corrected chi connectivity index (χ0v) is 30.2. The number of hydrogen-bond acceptors (Lipinski definition) is 2. The first-order valence-corrected chi connectivity index (χ1v) is 18.6. The lowest BCUT2D eigenvalue weighted by atomic mass is 9.91. The summed E-state index contributed by atoms with van der Waals surface area (Å²) in [6.07, 6.45) is 6.46. The van der Waals surface area contributed by atoms with Gasteiger partial charge in [0.05, 0.1) is 28.3 Å². The second kappa shape index (κ2) is 12.9. The van der Waals surface area contributed by atoms with Crippen LogP contribution in [0.15, 0.2) is 181 Å². The standard InChI is InChI=1S/C50H38N4/c1-3-13-34-14-12-20-40(33(34)2)35-22-24-36(25-23-35)48-42-19-10-11-21-45(42)51-50(52-48)37-26-28-47-44(32-37)41-27-29-46-43(30-31-53(46)38-15-6-4-7-16-38)49(41)54(47)39-17-8-5-9-18-39/h3-32,48H,1-2H3,(H,51,52). The van der Waals surface area contributed by atoms with Gasteiger partial charge in [0.25, 0.3) is 0 Å².